The molecule has 0 amide bonds. The van der Waals surface area contributed by atoms with Crippen LogP contribution >= 0.6 is 11.3 Å². The molecule has 2 aromatic heterocycles. The Hall–Kier alpha value is -4.77. The van der Waals surface area contributed by atoms with Crippen LogP contribution in [0.3, 0.4) is 0 Å². The molecule has 1 atom stereocenters. The molecule has 10 nitrogen and oxygen atoms in total. The van der Waals surface area contributed by atoms with E-state index in [1.54, 1.807) is 88.6 Å². The molecule has 0 bridgehead atoms. The van der Waals surface area contributed by atoms with Crippen molar-refractivity contribution in [1.29, 1.82) is 0 Å². The number of thiazole rings is 1. The van der Waals surface area contributed by atoms with E-state index >= 15 is 0 Å². The van der Waals surface area contributed by atoms with Gasteiger partial charge in [-0.25, -0.2) is 9.79 Å². The predicted molar refractivity (Wildman–Crippen MR) is 149 cm³/mol. The van der Waals surface area contributed by atoms with Gasteiger partial charge in [0.15, 0.2) is 4.80 Å². The molecule has 0 unspecified atom stereocenters. The Morgan fingerprint density at radius 3 is 2.55 bits per heavy atom. The monoisotopic (exact) mass is 559 g/mol. The van der Waals surface area contributed by atoms with Gasteiger partial charge in [-0.15, -0.1) is 0 Å². The van der Waals surface area contributed by atoms with Crippen LogP contribution in [0.4, 0.5) is 5.69 Å². The van der Waals surface area contributed by atoms with Crippen LogP contribution in [0.1, 0.15) is 38.1 Å². The van der Waals surface area contributed by atoms with Gasteiger partial charge in [-0.2, -0.15) is 0 Å². The Labute approximate surface area is 232 Å². The quantitative estimate of drug-likeness (QED) is 0.187. The Morgan fingerprint density at radius 1 is 1.15 bits per heavy atom. The second-order valence-corrected chi connectivity index (χ2v) is 10.3. The van der Waals surface area contributed by atoms with Crippen molar-refractivity contribution >= 4 is 29.1 Å². The number of allylic oxidation sites excluding steroid dienone is 1. The van der Waals surface area contributed by atoms with E-state index in [9.17, 15) is 19.7 Å². The lowest BCUT2D eigenvalue weighted by molar-refractivity contribution is -0.384. The summed E-state index contributed by atoms with van der Waals surface area (Å²) in [5.74, 6) is 0.730. The van der Waals surface area contributed by atoms with Crippen molar-refractivity contribution < 1.29 is 23.6 Å². The molecule has 4 aromatic rings. The number of nitro benzene ring substituents is 1. The lowest BCUT2D eigenvalue weighted by Crippen LogP contribution is -2.40. The average Bonchev–Trinajstić information content (AvgIpc) is 3.51. The van der Waals surface area contributed by atoms with Crippen LogP contribution in [-0.2, 0) is 9.53 Å². The minimum Gasteiger partial charge on any atom is -0.497 e. The molecule has 5 rings (SSSR count). The van der Waals surface area contributed by atoms with Crippen LogP contribution in [0.25, 0.3) is 17.4 Å². The van der Waals surface area contributed by atoms with E-state index in [1.807, 2.05) is 0 Å². The maximum absolute atomic E-state index is 13.8. The molecule has 204 valence electrons. The summed E-state index contributed by atoms with van der Waals surface area (Å²) < 4.78 is 18.5. The van der Waals surface area contributed by atoms with Crippen LogP contribution in [0.2, 0.25) is 0 Å². The molecular weight excluding hydrogens is 534 g/mol. The molecule has 1 aliphatic rings. The molecule has 0 fully saturated rings. The molecule has 0 radical (unpaired) electrons. The van der Waals surface area contributed by atoms with Gasteiger partial charge in [0.05, 0.1) is 45.5 Å². The highest BCUT2D eigenvalue weighted by Gasteiger charge is 2.34. The van der Waals surface area contributed by atoms with Crippen molar-refractivity contribution in [3.63, 3.8) is 0 Å². The van der Waals surface area contributed by atoms with Crippen molar-refractivity contribution in [2.75, 3.05) is 7.11 Å². The fourth-order valence-electron chi connectivity index (χ4n) is 4.51. The standard InChI is InChI=1S/C29H25N3O7S/c1-16(2)38-28(34)25-17(3)30-29-31(26(25)18-9-11-19(37-4)12-10-18)27(33)24(40-29)15-20-13-14-23(39-20)21-7-5-6-8-22(21)32(35)36/h5-16,26H,1-4H3/b24-15+/t26-/m0/s1. The van der Waals surface area contributed by atoms with Gasteiger partial charge < -0.3 is 13.9 Å². The van der Waals surface area contributed by atoms with E-state index in [-0.39, 0.29) is 22.9 Å². The smallest absolute Gasteiger partial charge is 0.338 e. The summed E-state index contributed by atoms with van der Waals surface area (Å²) >= 11 is 1.16. The third kappa shape index (κ3) is 4.98. The van der Waals surface area contributed by atoms with Crippen molar-refractivity contribution in [1.82, 2.24) is 4.57 Å². The maximum atomic E-state index is 13.8. The van der Waals surface area contributed by atoms with Gasteiger partial charge >= 0.3 is 5.97 Å². The molecular formula is C29H25N3O7S. The number of ether oxygens (including phenoxy) is 2. The van der Waals surface area contributed by atoms with Crippen molar-refractivity contribution in [3.05, 3.63) is 113 Å². The van der Waals surface area contributed by atoms with Crippen LogP contribution in [-0.4, -0.2) is 28.7 Å². The fraction of sp³-hybridized carbons (Fsp3) is 0.207. The average molecular weight is 560 g/mol. The highest BCUT2D eigenvalue weighted by molar-refractivity contribution is 7.07. The second-order valence-electron chi connectivity index (χ2n) is 9.29. The summed E-state index contributed by atoms with van der Waals surface area (Å²) in [4.78, 5) is 43.0. The number of rotatable bonds is 7. The topological polar surface area (TPSA) is 126 Å². The fourth-order valence-corrected chi connectivity index (χ4v) is 5.53. The zero-order valence-electron chi connectivity index (χ0n) is 22.1. The maximum Gasteiger partial charge on any atom is 0.338 e. The van der Waals surface area contributed by atoms with E-state index in [4.69, 9.17) is 13.9 Å². The largest absolute Gasteiger partial charge is 0.497 e. The van der Waals surface area contributed by atoms with Crippen LogP contribution < -0.4 is 19.6 Å². The minimum atomic E-state index is -0.769. The van der Waals surface area contributed by atoms with Crippen molar-refractivity contribution in [2.45, 2.75) is 32.9 Å². The summed E-state index contributed by atoms with van der Waals surface area (Å²) in [6.45, 7) is 5.23. The minimum absolute atomic E-state index is 0.0847. The summed E-state index contributed by atoms with van der Waals surface area (Å²) in [7, 11) is 1.56. The third-order valence-corrected chi connectivity index (χ3v) is 7.27. The van der Waals surface area contributed by atoms with Crippen molar-refractivity contribution in [2.24, 2.45) is 4.99 Å². The number of para-hydroxylation sites is 1. The van der Waals surface area contributed by atoms with Crippen LogP contribution in [0.15, 0.2) is 86.1 Å². The number of methoxy groups -OCH3 is 1. The van der Waals surface area contributed by atoms with Gasteiger partial charge in [0.2, 0.25) is 0 Å². The number of hydrogen-bond donors (Lipinski definition) is 0. The number of esters is 1. The Bertz CT molecular complexity index is 1830. The first-order valence-electron chi connectivity index (χ1n) is 12.4. The Morgan fingerprint density at radius 2 is 1.88 bits per heavy atom. The number of fused-ring (bicyclic) bond motifs is 1. The van der Waals surface area contributed by atoms with Gasteiger partial charge in [-0.1, -0.05) is 35.6 Å². The Kier molecular flexibility index (Phi) is 7.22. The molecule has 1 aliphatic heterocycles. The van der Waals surface area contributed by atoms with Crippen molar-refractivity contribution in [3.8, 4) is 17.1 Å². The number of furan rings is 1. The van der Waals surface area contributed by atoms with Gasteiger partial charge in [0, 0.05) is 12.1 Å². The molecule has 0 aliphatic carbocycles. The molecule has 11 heteroatoms. The summed E-state index contributed by atoms with van der Waals surface area (Å²) in [5, 5.41) is 11.5. The van der Waals surface area contributed by atoms with Gasteiger partial charge in [0.25, 0.3) is 11.2 Å². The van der Waals surface area contributed by atoms with E-state index in [0.717, 1.165) is 11.3 Å². The van der Waals surface area contributed by atoms with E-state index in [2.05, 4.69) is 4.99 Å². The van der Waals surface area contributed by atoms with E-state index in [0.29, 0.717) is 43.4 Å². The number of aromatic nitrogens is 1. The van der Waals surface area contributed by atoms with Gasteiger partial charge in [-0.05, 0) is 56.7 Å². The summed E-state index contributed by atoms with van der Waals surface area (Å²) in [5.41, 5.74) is 1.30. The van der Waals surface area contributed by atoms with Gasteiger partial charge in [0.1, 0.15) is 17.3 Å². The molecule has 0 spiro atoms. The molecule has 3 heterocycles. The summed E-state index contributed by atoms with van der Waals surface area (Å²) in [6, 6.07) is 15.9. The zero-order valence-corrected chi connectivity index (χ0v) is 22.9. The zero-order chi connectivity index (χ0) is 28.6. The number of hydrogen-bond acceptors (Lipinski definition) is 9. The van der Waals surface area contributed by atoms with E-state index < -0.39 is 16.9 Å². The first-order chi connectivity index (χ1) is 19.2. The highest BCUT2D eigenvalue weighted by Crippen LogP contribution is 2.33. The summed E-state index contributed by atoms with van der Waals surface area (Å²) in [6.07, 6.45) is 1.21. The lowest BCUT2D eigenvalue weighted by Gasteiger charge is -2.25. The number of nitrogens with zero attached hydrogens (tertiary/aromatic N) is 3. The number of nitro groups is 1. The number of benzene rings is 2. The van der Waals surface area contributed by atoms with E-state index in [1.165, 1.54) is 10.6 Å². The van der Waals surface area contributed by atoms with Crippen LogP contribution in [0.5, 0.6) is 5.75 Å². The molecule has 0 N–H and O–H groups in total. The van der Waals surface area contributed by atoms with Crippen LogP contribution in [0, 0.1) is 10.1 Å². The molecule has 0 saturated heterocycles. The molecule has 40 heavy (non-hydrogen) atoms. The lowest BCUT2D eigenvalue weighted by atomic mass is 9.96. The normalized spacial score (nSPS) is 15.1. The Balaban J connectivity index is 1.63. The third-order valence-electron chi connectivity index (χ3n) is 6.28. The second kappa shape index (κ2) is 10.8. The predicted octanol–water partition coefficient (Wildman–Crippen LogP) is 4.36. The van der Waals surface area contributed by atoms with Gasteiger partial charge in [-0.3, -0.25) is 19.5 Å². The number of carbonyl (C=O) groups is 1. The molecule has 0 saturated carbocycles. The molecule has 2 aromatic carbocycles. The first kappa shape index (κ1) is 26.8. The highest BCUT2D eigenvalue weighted by atomic mass is 32.1. The number of carbonyl (C=O) groups excluding carboxylic acids is 1. The first-order valence-corrected chi connectivity index (χ1v) is 13.2. The SMILES string of the molecule is COc1ccc([C@H]2C(C(=O)OC(C)C)=C(C)N=c3s/c(=C/c4ccc(-c5ccccc5[N+](=O)[O-])o4)c(=O)n32)cc1.